The van der Waals surface area contributed by atoms with Gasteiger partial charge in [-0.1, -0.05) is 12.1 Å². The molecule has 0 amide bonds. The first-order valence-electron chi connectivity index (χ1n) is 9.98. The summed E-state index contributed by atoms with van der Waals surface area (Å²) in [5.74, 6) is 0.612. The Hall–Kier alpha value is -2.53. The number of hydrogen-bond donors (Lipinski definition) is 2. The lowest BCUT2D eigenvalue weighted by Gasteiger charge is -2.30. The van der Waals surface area contributed by atoms with Gasteiger partial charge in [-0.2, -0.15) is 0 Å². The van der Waals surface area contributed by atoms with Gasteiger partial charge in [-0.05, 0) is 77.4 Å². The number of benzene rings is 2. The summed E-state index contributed by atoms with van der Waals surface area (Å²) in [6.07, 6.45) is 2.06. The van der Waals surface area contributed by atoms with E-state index in [2.05, 4.69) is 32.6 Å². The minimum Gasteiger partial charge on any atom is -0.494 e. The molecule has 0 bridgehead atoms. The number of ketones is 1. The monoisotopic (exact) mass is 383 g/mol. The zero-order chi connectivity index (χ0) is 20.7. The maximum absolute atomic E-state index is 12.7. The van der Waals surface area contributed by atoms with Gasteiger partial charge in [0.25, 0.3) is 0 Å². The number of nitrogens with zero attached hydrogens (tertiary/aromatic N) is 1. The first kappa shape index (κ1) is 21.8. The third-order valence-electron chi connectivity index (χ3n) is 4.85. The van der Waals surface area contributed by atoms with Gasteiger partial charge in [0.1, 0.15) is 5.75 Å². The highest BCUT2D eigenvalue weighted by molar-refractivity contribution is 6.10. The maximum Gasteiger partial charge on any atom is 0.193 e. The minimum absolute atomic E-state index is 0.0957. The summed E-state index contributed by atoms with van der Waals surface area (Å²) in [5.41, 5.74) is 13.5. The van der Waals surface area contributed by atoms with Gasteiger partial charge in [-0.3, -0.25) is 9.69 Å². The summed E-state index contributed by atoms with van der Waals surface area (Å²) in [4.78, 5) is 15.2. The Balaban J connectivity index is 1.89. The van der Waals surface area contributed by atoms with E-state index in [1.165, 1.54) is 0 Å². The minimum atomic E-state index is -0.0957. The molecule has 0 aromatic heterocycles. The van der Waals surface area contributed by atoms with Crippen molar-refractivity contribution in [2.24, 2.45) is 0 Å². The number of nitrogens with two attached hydrogens (primary N) is 2. The van der Waals surface area contributed by atoms with Crippen LogP contribution in [0.15, 0.2) is 42.5 Å². The van der Waals surface area contributed by atoms with E-state index in [9.17, 15) is 4.79 Å². The molecule has 0 radical (unpaired) electrons. The molecule has 0 atom stereocenters. The van der Waals surface area contributed by atoms with Crippen molar-refractivity contribution in [2.75, 3.05) is 24.6 Å². The molecule has 0 aliphatic carbocycles. The highest BCUT2D eigenvalue weighted by atomic mass is 16.5. The molecule has 0 unspecified atom stereocenters. The van der Waals surface area contributed by atoms with E-state index >= 15 is 0 Å². The van der Waals surface area contributed by atoms with Gasteiger partial charge in [0.2, 0.25) is 0 Å². The summed E-state index contributed by atoms with van der Waals surface area (Å²) in [7, 11) is 0. The van der Waals surface area contributed by atoms with Crippen LogP contribution in [-0.2, 0) is 0 Å². The normalized spacial score (nSPS) is 11.4. The van der Waals surface area contributed by atoms with Crippen LogP contribution < -0.4 is 16.2 Å². The Bertz CT molecular complexity index is 779. The van der Waals surface area contributed by atoms with Crippen molar-refractivity contribution < 1.29 is 9.53 Å². The molecule has 152 valence electrons. The van der Waals surface area contributed by atoms with E-state index in [-0.39, 0.29) is 5.78 Å². The quantitative estimate of drug-likeness (QED) is 0.362. The molecule has 0 saturated carbocycles. The lowest BCUT2D eigenvalue weighted by Crippen LogP contribution is -2.37. The Morgan fingerprint density at radius 3 is 2.25 bits per heavy atom. The fourth-order valence-electron chi connectivity index (χ4n) is 3.31. The summed E-state index contributed by atoms with van der Waals surface area (Å²) < 4.78 is 5.86. The molecule has 5 heteroatoms. The summed E-state index contributed by atoms with van der Waals surface area (Å²) >= 11 is 0. The summed E-state index contributed by atoms with van der Waals surface area (Å²) in [6, 6.07) is 13.3. The molecule has 4 N–H and O–H groups in total. The van der Waals surface area contributed by atoms with Crippen LogP contribution in [0, 0.1) is 0 Å². The van der Waals surface area contributed by atoms with Crippen molar-refractivity contribution in [3.8, 4) is 5.75 Å². The molecule has 0 aliphatic heterocycles. The predicted octanol–water partition coefficient (Wildman–Crippen LogP) is 4.36. The van der Waals surface area contributed by atoms with E-state index in [1.54, 1.807) is 30.3 Å². The molecule has 0 heterocycles. The molecule has 5 nitrogen and oxygen atoms in total. The van der Waals surface area contributed by atoms with Gasteiger partial charge in [0, 0.05) is 23.2 Å². The fourth-order valence-corrected chi connectivity index (χ4v) is 3.31. The van der Waals surface area contributed by atoms with Gasteiger partial charge in [0.15, 0.2) is 5.78 Å². The number of anilines is 2. The van der Waals surface area contributed by atoms with Gasteiger partial charge in [0.05, 0.1) is 18.0 Å². The van der Waals surface area contributed by atoms with E-state index < -0.39 is 0 Å². The second-order valence-corrected chi connectivity index (χ2v) is 7.68. The molecule has 0 fully saturated rings. The summed E-state index contributed by atoms with van der Waals surface area (Å²) in [5, 5.41) is 0. The molecule has 2 aromatic rings. The smallest absolute Gasteiger partial charge is 0.193 e. The molecule has 28 heavy (non-hydrogen) atoms. The van der Waals surface area contributed by atoms with Crippen molar-refractivity contribution >= 4 is 17.2 Å². The van der Waals surface area contributed by atoms with Crippen LogP contribution in [0.25, 0.3) is 0 Å². The third kappa shape index (κ3) is 5.99. The van der Waals surface area contributed by atoms with Gasteiger partial charge in [-0.25, -0.2) is 0 Å². The number of nitrogen functional groups attached to an aromatic ring is 2. The van der Waals surface area contributed by atoms with Crippen molar-refractivity contribution in [1.29, 1.82) is 0 Å². The molecular formula is C23H33N3O2. The Morgan fingerprint density at radius 2 is 1.61 bits per heavy atom. The van der Waals surface area contributed by atoms with Gasteiger partial charge in [-0.15, -0.1) is 0 Å². The molecule has 0 spiro atoms. The molecule has 0 saturated heterocycles. The van der Waals surface area contributed by atoms with Gasteiger partial charge < -0.3 is 16.2 Å². The zero-order valence-corrected chi connectivity index (χ0v) is 17.4. The van der Waals surface area contributed by atoms with E-state index in [4.69, 9.17) is 16.2 Å². The van der Waals surface area contributed by atoms with Crippen LogP contribution in [0.5, 0.6) is 5.75 Å². The average molecular weight is 384 g/mol. The second kappa shape index (κ2) is 10.1. The topological polar surface area (TPSA) is 81.6 Å². The average Bonchev–Trinajstić information content (AvgIpc) is 2.65. The van der Waals surface area contributed by atoms with Crippen LogP contribution in [0.1, 0.15) is 56.5 Å². The zero-order valence-electron chi connectivity index (χ0n) is 17.4. The van der Waals surface area contributed by atoms with Crippen LogP contribution in [-0.4, -0.2) is 35.9 Å². The summed E-state index contributed by atoms with van der Waals surface area (Å²) in [6.45, 7) is 10.6. The van der Waals surface area contributed by atoms with E-state index in [0.29, 0.717) is 46.9 Å². The molecular weight excluding hydrogens is 350 g/mol. The van der Waals surface area contributed by atoms with Crippen LogP contribution in [0.3, 0.4) is 0 Å². The molecule has 0 aliphatic rings. The van der Waals surface area contributed by atoms with Crippen molar-refractivity contribution in [3.63, 3.8) is 0 Å². The third-order valence-corrected chi connectivity index (χ3v) is 4.85. The lowest BCUT2D eigenvalue weighted by atomic mass is 10.0. The van der Waals surface area contributed by atoms with Crippen LogP contribution in [0.4, 0.5) is 11.4 Å². The number of hydrogen-bond acceptors (Lipinski definition) is 5. The lowest BCUT2D eigenvalue weighted by molar-refractivity contribution is 0.103. The number of rotatable bonds is 10. The van der Waals surface area contributed by atoms with E-state index in [0.717, 1.165) is 19.4 Å². The fraction of sp³-hybridized carbons (Fsp3) is 0.435. The van der Waals surface area contributed by atoms with Crippen LogP contribution in [0.2, 0.25) is 0 Å². The van der Waals surface area contributed by atoms with Crippen molar-refractivity contribution in [2.45, 2.75) is 52.6 Å². The first-order chi connectivity index (χ1) is 13.3. The largest absolute Gasteiger partial charge is 0.494 e. The number of unbranched alkanes of at least 4 members (excludes halogenated alkanes) is 1. The number of carbonyl (C=O) groups excluding carboxylic acids is 1. The molecule has 2 aromatic carbocycles. The Morgan fingerprint density at radius 1 is 0.929 bits per heavy atom. The SMILES string of the molecule is CC(C)N(CCCCOc1cccc(C(=O)c2ccc(N)c(N)c2)c1)C(C)C. The number of ether oxygens (including phenoxy) is 1. The Kier molecular flexibility index (Phi) is 7.88. The number of carbonyl (C=O) groups is 1. The van der Waals surface area contributed by atoms with E-state index in [1.807, 2.05) is 12.1 Å². The second-order valence-electron chi connectivity index (χ2n) is 7.68. The standard InChI is InChI=1S/C23H33N3O2/c1-16(2)26(17(3)4)12-5-6-13-28-20-9-7-8-18(14-20)23(27)19-10-11-21(24)22(25)15-19/h7-11,14-17H,5-6,12-13,24-25H2,1-4H3. The highest BCUT2D eigenvalue weighted by Crippen LogP contribution is 2.21. The Labute approximate surface area is 168 Å². The van der Waals surface area contributed by atoms with Gasteiger partial charge >= 0.3 is 0 Å². The van der Waals surface area contributed by atoms with Crippen LogP contribution >= 0.6 is 0 Å². The predicted molar refractivity (Wildman–Crippen MR) is 117 cm³/mol. The molecule has 2 rings (SSSR count). The highest BCUT2D eigenvalue weighted by Gasteiger charge is 2.13. The first-order valence-corrected chi connectivity index (χ1v) is 9.98. The maximum atomic E-state index is 12.7. The van der Waals surface area contributed by atoms with Crippen molar-refractivity contribution in [3.05, 3.63) is 53.6 Å². The van der Waals surface area contributed by atoms with Crippen molar-refractivity contribution in [1.82, 2.24) is 4.90 Å².